The number of carbonyl (C=O) groups excluding carboxylic acids is 1. The van der Waals surface area contributed by atoms with Crippen molar-refractivity contribution in [2.45, 2.75) is 36.3 Å². The molecule has 1 saturated heterocycles. The number of hydrogen-bond acceptors (Lipinski definition) is 6. The van der Waals surface area contributed by atoms with Crippen molar-refractivity contribution in [3.05, 3.63) is 36.7 Å². The fraction of sp³-hybridized carbons (Fsp3) is 0.389. The predicted molar refractivity (Wildman–Crippen MR) is 105 cm³/mol. The van der Waals surface area contributed by atoms with E-state index in [-0.39, 0.29) is 12.0 Å². The minimum atomic E-state index is -0.0530. The van der Waals surface area contributed by atoms with Crippen molar-refractivity contribution in [3.63, 3.8) is 0 Å². The van der Waals surface area contributed by atoms with Crippen LogP contribution in [0.2, 0.25) is 0 Å². The molecule has 1 fully saturated rings. The number of benzene rings is 1. The van der Waals surface area contributed by atoms with Gasteiger partial charge in [0.15, 0.2) is 4.34 Å². The van der Waals surface area contributed by atoms with Crippen molar-refractivity contribution in [3.8, 4) is 0 Å². The summed E-state index contributed by atoms with van der Waals surface area (Å²) in [6.45, 7) is 1.56. The Kier molecular flexibility index (Phi) is 5.52. The number of hydrogen-bond donors (Lipinski definition) is 1. The summed E-state index contributed by atoms with van der Waals surface area (Å²) >= 11 is 3.07. The summed E-state index contributed by atoms with van der Waals surface area (Å²) < 4.78 is 9.62. The maximum atomic E-state index is 12.2. The van der Waals surface area contributed by atoms with Crippen LogP contribution in [0.15, 0.2) is 41.0 Å². The summed E-state index contributed by atoms with van der Waals surface area (Å²) in [6, 6.07) is 8.00. The fourth-order valence-electron chi connectivity index (χ4n) is 2.93. The van der Waals surface area contributed by atoms with Crippen LogP contribution in [0.1, 0.15) is 19.3 Å². The number of fused-ring (bicyclic) bond motifs is 1. The molecule has 3 aromatic rings. The quantitative estimate of drug-likeness (QED) is 0.651. The molecule has 0 saturated carbocycles. The number of carbonyl (C=O) groups is 1. The van der Waals surface area contributed by atoms with Gasteiger partial charge in [0.25, 0.3) is 0 Å². The second kappa shape index (κ2) is 8.20. The average Bonchev–Trinajstić information content (AvgIpc) is 3.27. The minimum absolute atomic E-state index is 0.0530. The van der Waals surface area contributed by atoms with Crippen molar-refractivity contribution in [2.24, 2.45) is 0 Å². The van der Waals surface area contributed by atoms with Gasteiger partial charge >= 0.3 is 0 Å². The molecule has 1 amide bonds. The van der Waals surface area contributed by atoms with Crippen molar-refractivity contribution < 1.29 is 9.53 Å². The Balaban J connectivity index is 1.27. The molecule has 0 unspecified atom stereocenters. The van der Waals surface area contributed by atoms with Crippen molar-refractivity contribution in [1.82, 2.24) is 14.8 Å². The van der Waals surface area contributed by atoms with Gasteiger partial charge in [-0.05, 0) is 31.4 Å². The van der Waals surface area contributed by atoms with Crippen LogP contribution in [0.25, 0.3) is 10.2 Å². The second-order valence-electron chi connectivity index (χ2n) is 6.22. The number of ether oxygens (including phenoxy) is 1. The minimum Gasteiger partial charge on any atom is -0.376 e. The lowest BCUT2D eigenvalue weighted by molar-refractivity contribution is -0.113. The van der Waals surface area contributed by atoms with Crippen LogP contribution < -0.4 is 5.32 Å². The van der Waals surface area contributed by atoms with Gasteiger partial charge in [0.05, 0.1) is 40.5 Å². The topological polar surface area (TPSA) is 69.0 Å². The van der Waals surface area contributed by atoms with Crippen molar-refractivity contribution >= 4 is 44.9 Å². The van der Waals surface area contributed by atoms with Crippen molar-refractivity contribution in [2.75, 3.05) is 17.7 Å². The molecule has 4 rings (SSSR count). The lowest BCUT2D eigenvalue weighted by Crippen LogP contribution is -2.24. The molecule has 1 atom stereocenters. The largest absolute Gasteiger partial charge is 0.376 e. The molecule has 2 aromatic heterocycles. The van der Waals surface area contributed by atoms with Crippen LogP contribution in [-0.2, 0) is 16.1 Å². The predicted octanol–water partition coefficient (Wildman–Crippen LogP) is 3.79. The van der Waals surface area contributed by atoms with Crippen LogP contribution in [0, 0.1) is 0 Å². The first-order valence-corrected chi connectivity index (χ1v) is 10.5. The summed E-state index contributed by atoms with van der Waals surface area (Å²) in [4.78, 5) is 16.7. The molecule has 3 heterocycles. The number of nitrogens with zero attached hydrogens (tertiary/aromatic N) is 3. The smallest absolute Gasteiger partial charge is 0.234 e. The molecule has 1 aliphatic rings. The Morgan fingerprint density at radius 3 is 3.15 bits per heavy atom. The zero-order valence-corrected chi connectivity index (χ0v) is 15.9. The Morgan fingerprint density at radius 2 is 2.31 bits per heavy atom. The Labute approximate surface area is 159 Å². The summed E-state index contributed by atoms with van der Waals surface area (Å²) in [6.07, 6.45) is 7.19. The molecule has 0 aliphatic carbocycles. The van der Waals surface area contributed by atoms with E-state index in [2.05, 4.69) is 15.4 Å². The van der Waals surface area contributed by atoms with E-state index in [0.29, 0.717) is 5.75 Å². The van der Waals surface area contributed by atoms with Crippen LogP contribution in [0.4, 0.5) is 5.69 Å². The molecule has 0 spiro atoms. The standard InChI is InChI=1S/C18H20N4O2S2/c23-17(12-25-18-21-15-6-1-2-7-16(15)26-18)20-13-9-19-22(10-13)11-14-5-3-4-8-24-14/h1-2,6-7,9-10,14H,3-5,8,11-12H2,(H,20,23)/t14-/m0/s1. The van der Waals surface area contributed by atoms with Crippen LogP contribution >= 0.6 is 23.1 Å². The summed E-state index contributed by atoms with van der Waals surface area (Å²) in [5.41, 5.74) is 1.70. The van der Waals surface area contributed by atoms with Gasteiger partial charge in [-0.2, -0.15) is 5.10 Å². The zero-order chi connectivity index (χ0) is 17.8. The molecule has 6 nitrogen and oxygen atoms in total. The summed E-state index contributed by atoms with van der Waals surface area (Å²) in [5, 5.41) is 7.21. The van der Waals surface area contributed by atoms with E-state index < -0.39 is 0 Å². The molecule has 1 N–H and O–H groups in total. The van der Waals surface area contributed by atoms with Gasteiger partial charge in [0.1, 0.15) is 0 Å². The summed E-state index contributed by atoms with van der Waals surface area (Å²) in [5.74, 6) is 0.277. The maximum absolute atomic E-state index is 12.2. The molecule has 0 radical (unpaired) electrons. The normalized spacial score (nSPS) is 17.5. The molecule has 26 heavy (non-hydrogen) atoms. The first kappa shape index (κ1) is 17.5. The van der Waals surface area contributed by atoms with Crippen LogP contribution in [-0.4, -0.2) is 39.1 Å². The van der Waals surface area contributed by atoms with E-state index in [4.69, 9.17) is 4.74 Å². The molecular weight excluding hydrogens is 368 g/mol. The number of aromatic nitrogens is 3. The van der Waals surface area contributed by atoms with Gasteiger partial charge < -0.3 is 10.1 Å². The van der Waals surface area contributed by atoms with Gasteiger partial charge in [0, 0.05) is 12.8 Å². The lowest BCUT2D eigenvalue weighted by Gasteiger charge is -2.22. The third-order valence-corrected chi connectivity index (χ3v) is 6.36. The van der Waals surface area contributed by atoms with Gasteiger partial charge in [-0.15, -0.1) is 11.3 Å². The van der Waals surface area contributed by atoms with Crippen LogP contribution in [0.5, 0.6) is 0 Å². The van der Waals surface area contributed by atoms with E-state index in [9.17, 15) is 4.79 Å². The number of thiazole rings is 1. The zero-order valence-electron chi connectivity index (χ0n) is 14.3. The highest BCUT2D eigenvalue weighted by molar-refractivity contribution is 8.01. The van der Waals surface area contributed by atoms with E-state index in [1.165, 1.54) is 18.2 Å². The van der Waals surface area contributed by atoms with Crippen molar-refractivity contribution in [1.29, 1.82) is 0 Å². The Bertz CT molecular complexity index is 853. The molecule has 1 aromatic carbocycles. The highest BCUT2D eigenvalue weighted by Gasteiger charge is 2.15. The molecular formula is C18H20N4O2S2. The highest BCUT2D eigenvalue weighted by Crippen LogP contribution is 2.29. The number of rotatable bonds is 6. The SMILES string of the molecule is O=C(CSc1nc2ccccc2s1)Nc1cnn(C[C@@H]2CCCCO2)c1. The van der Waals surface area contributed by atoms with E-state index in [1.54, 1.807) is 17.5 Å². The van der Waals surface area contributed by atoms with Gasteiger partial charge in [0.2, 0.25) is 5.91 Å². The van der Waals surface area contributed by atoms with E-state index in [1.807, 2.05) is 35.1 Å². The van der Waals surface area contributed by atoms with E-state index >= 15 is 0 Å². The van der Waals surface area contributed by atoms with E-state index in [0.717, 1.165) is 46.2 Å². The molecule has 1 aliphatic heterocycles. The second-order valence-corrected chi connectivity index (χ2v) is 8.48. The number of amides is 1. The maximum Gasteiger partial charge on any atom is 0.234 e. The first-order valence-electron chi connectivity index (χ1n) is 8.68. The van der Waals surface area contributed by atoms with Crippen LogP contribution in [0.3, 0.4) is 0 Å². The number of thioether (sulfide) groups is 1. The molecule has 0 bridgehead atoms. The number of anilines is 1. The first-order chi connectivity index (χ1) is 12.8. The summed E-state index contributed by atoms with van der Waals surface area (Å²) in [7, 11) is 0. The van der Waals surface area contributed by atoms with Gasteiger partial charge in [-0.25, -0.2) is 4.98 Å². The van der Waals surface area contributed by atoms with Gasteiger partial charge in [-0.1, -0.05) is 23.9 Å². The molecule has 136 valence electrons. The number of para-hydroxylation sites is 1. The third-order valence-electron chi connectivity index (χ3n) is 4.18. The average molecular weight is 389 g/mol. The Morgan fingerprint density at radius 1 is 1.38 bits per heavy atom. The highest BCUT2D eigenvalue weighted by atomic mass is 32.2. The van der Waals surface area contributed by atoms with Gasteiger partial charge in [-0.3, -0.25) is 9.48 Å². The number of nitrogens with one attached hydrogen (secondary N) is 1. The Hall–Kier alpha value is -1.90. The molecule has 8 heteroatoms. The lowest BCUT2D eigenvalue weighted by atomic mass is 10.1. The third kappa shape index (κ3) is 4.44. The monoisotopic (exact) mass is 388 g/mol. The fourth-order valence-corrected chi connectivity index (χ4v) is 4.79.